The normalized spacial score (nSPS) is 13.2. The third kappa shape index (κ3) is 4.14. The van der Waals surface area contributed by atoms with Gasteiger partial charge in [-0.3, -0.25) is 0 Å². The van der Waals surface area contributed by atoms with Crippen molar-refractivity contribution in [2.45, 2.75) is 31.4 Å². The molecule has 0 saturated heterocycles. The van der Waals surface area contributed by atoms with E-state index in [0.29, 0.717) is 25.0 Å². The van der Waals surface area contributed by atoms with Crippen LogP contribution >= 0.6 is 0 Å². The molecule has 120 valence electrons. The van der Waals surface area contributed by atoms with E-state index in [0.717, 1.165) is 5.69 Å². The van der Waals surface area contributed by atoms with Gasteiger partial charge >= 0.3 is 0 Å². The van der Waals surface area contributed by atoms with Gasteiger partial charge in [-0.2, -0.15) is 0 Å². The molecule has 1 N–H and O–H groups in total. The fourth-order valence-corrected chi connectivity index (χ4v) is 3.56. The van der Waals surface area contributed by atoms with E-state index in [4.69, 9.17) is 5.11 Å². The Morgan fingerprint density at radius 2 is 1.91 bits per heavy atom. The van der Waals surface area contributed by atoms with Crippen molar-refractivity contribution < 1.29 is 13.5 Å². The number of sulfone groups is 1. The second-order valence-electron chi connectivity index (χ2n) is 5.22. The highest BCUT2D eigenvalue weighted by atomic mass is 32.2. The first kappa shape index (κ1) is 16.6. The van der Waals surface area contributed by atoms with Crippen LogP contribution in [-0.2, 0) is 9.84 Å². The van der Waals surface area contributed by atoms with Crippen LogP contribution in [0.5, 0.6) is 0 Å². The molecule has 1 unspecified atom stereocenters. The fraction of sp³-hybridized carbons (Fsp3) is 0.467. The van der Waals surface area contributed by atoms with Crippen molar-refractivity contribution in [2.75, 3.05) is 12.4 Å². The lowest BCUT2D eigenvalue weighted by atomic mass is 10.3. The highest BCUT2D eigenvalue weighted by Gasteiger charge is 2.25. The van der Waals surface area contributed by atoms with Crippen LogP contribution in [0.3, 0.4) is 0 Å². The number of hydrogen-bond acceptors (Lipinski definition) is 5. The second-order valence-corrected chi connectivity index (χ2v) is 7.66. The predicted molar refractivity (Wildman–Crippen MR) is 84.5 cm³/mol. The number of nitrogens with zero attached hydrogens (tertiary/aromatic N) is 3. The van der Waals surface area contributed by atoms with Crippen molar-refractivity contribution in [2.24, 2.45) is 0 Å². The van der Waals surface area contributed by atoms with Gasteiger partial charge in [-0.15, -0.1) is 5.10 Å². The number of aliphatic hydroxyl groups excluding tert-OH is 1. The number of aliphatic hydroxyl groups is 1. The van der Waals surface area contributed by atoms with Crippen molar-refractivity contribution in [1.82, 2.24) is 15.0 Å². The van der Waals surface area contributed by atoms with Gasteiger partial charge < -0.3 is 5.11 Å². The van der Waals surface area contributed by atoms with Gasteiger partial charge in [-0.1, -0.05) is 29.8 Å². The molecule has 0 aliphatic carbocycles. The minimum Gasteiger partial charge on any atom is -0.396 e. The first-order valence-electron chi connectivity index (χ1n) is 7.34. The SMILES string of the molecule is CC(c1cn(-c2ccccc2)nn1)S(=O)(=O)CCCCCO. The standard InChI is InChI=1S/C15H21N3O3S/c1-13(22(20,21)11-7-3-6-10-19)15-12-18(17-16-15)14-8-4-2-5-9-14/h2,4-5,8-9,12-13,19H,3,6-7,10-11H2,1H3. The van der Waals surface area contributed by atoms with Crippen LogP contribution in [0.1, 0.15) is 37.1 Å². The largest absolute Gasteiger partial charge is 0.396 e. The summed E-state index contributed by atoms with van der Waals surface area (Å²) in [7, 11) is -3.26. The first-order chi connectivity index (χ1) is 10.5. The zero-order chi connectivity index (χ0) is 16.0. The van der Waals surface area contributed by atoms with E-state index >= 15 is 0 Å². The highest BCUT2D eigenvalue weighted by Crippen LogP contribution is 2.22. The van der Waals surface area contributed by atoms with Crippen molar-refractivity contribution >= 4 is 9.84 Å². The average Bonchev–Trinajstić information content (AvgIpc) is 3.01. The third-order valence-corrected chi connectivity index (χ3v) is 5.75. The van der Waals surface area contributed by atoms with E-state index < -0.39 is 15.1 Å². The van der Waals surface area contributed by atoms with Gasteiger partial charge in [0.25, 0.3) is 0 Å². The topological polar surface area (TPSA) is 85.1 Å². The number of unbranched alkanes of at least 4 members (excludes halogenated alkanes) is 2. The quantitative estimate of drug-likeness (QED) is 0.750. The second kappa shape index (κ2) is 7.51. The lowest BCUT2D eigenvalue weighted by molar-refractivity contribution is 0.284. The molecular formula is C15H21N3O3S. The number of rotatable bonds is 8. The Balaban J connectivity index is 2.06. The predicted octanol–water partition coefficient (Wildman–Crippen LogP) is 1.91. The van der Waals surface area contributed by atoms with Crippen LogP contribution in [0.15, 0.2) is 36.5 Å². The van der Waals surface area contributed by atoms with Gasteiger partial charge in [-0.25, -0.2) is 13.1 Å². The van der Waals surface area contributed by atoms with E-state index in [1.165, 1.54) is 0 Å². The minimum absolute atomic E-state index is 0.0982. The summed E-state index contributed by atoms with van der Waals surface area (Å²) in [6.07, 6.45) is 3.55. The molecule has 0 amide bonds. The molecule has 2 rings (SSSR count). The zero-order valence-corrected chi connectivity index (χ0v) is 13.4. The van der Waals surface area contributed by atoms with Gasteiger partial charge in [0.15, 0.2) is 9.84 Å². The summed E-state index contributed by atoms with van der Waals surface area (Å²) in [6, 6.07) is 9.44. The van der Waals surface area contributed by atoms with Gasteiger partial charge in [0, 0.05) is 6.61 Å². The lowest BCUT2D eigenvalue weighted by Gasteiger charge is -2.09. The van der Waals surface area contributed by atoms with E-state index in [-0.39, 0.29) is 12.4 Å². The molecule has 1 aromatic carbocycles. The summed E-state index contributed by atoms with van der Waals surface area (Å²) >= 11 is 0. The molecule has 1 heterocycles. The Bertz CT molecular complexity index is 683. The number of benzene rings is 1. The van der Waals surface area contributed by atoms with Crippen LogP contribution in [0.4, 0.5) is 0 Å². The molecule has 2 aromatic rings. The Morgan fingerprint density at radius 1 is 1.18 bits per heavy atom. The molecule has 0 aliphatic heterocycles. The maximum Gasteiger partial charge on any atom is 0.158 e. The first-order valence-corrected chi connectivity index (χ1v) is 9.06. The number of hydrogen-bond donors (Lipinski definition) is 1. The van der Waals surface area contributed by atoms with E-state index in [1.54, 1.807) is 17.8 Å². The maximum absolute atomic E-state index is 12.3. The van der Waals surface area contributed by atoms with Crippen LogP contribution < -0.4 is 0 Å². The monoisotopic (exact) mass is 323 g/mol. The fourth-order valence-electron chi connectivity index (χ4n) is 2.12. The van der Waals surface area contributed by atoms with Crippen molar-refractivity contribution in [3.63, 3.8) is 0 Å². The van der Waals surface area contributed by atoms with Crippen molar-refractivity contribution in [1.29, 1.82) is 0 Å². The molecule has 1 atom stereocenters. The summed E-state index contributed by atoms with van der Waals surface area (Å²) in [6.45, 7) is 1.74. The Kier molecular flexibility index (Phi) is 5.68. The molecule has 0 radical (unpaired) electrons. The summed E-state index contributed by atoms with van der Waals surface area (Å²) in [4.78, 5) is 0. The molecule has 6 nitrogen and oxygen atoms in total. The molecular weight excluding hydrogens is 302 g/mol. The molecule has 0 aliphatic rings. The Labute approximate surface area is 130 Å². The molecule has 22 heavy (non-hydrogen) atoms. The molecule has 0 spiro atoms. The highest BCUT2D eigenvalue weighted by molar-refractivity contribution is 7.91. The van der Waals surface area contributed by atoms with E-state index in [1.807, 2.05) is 30.3 Å². The average molecular weight is 323 g/mol. The smallest absolute Gasteiger partial charge is 0.158 e. The Morgan fingerprint density at radius 3 is 2.59 bits per heavy atom. The Hall–Kier alpha value is -1.73. The summed E-state index contributed by atoms with van der Waals surface area (Å²) in [5.41, 5.74) is 1.29. The van der Waals surface area contributed by atoms with Crippen molar-refractivity contribution in [3.8, 4) is 5.69 Å². The number of para-hydroxylation sites is 1. The lowest BCUT2D eigenvalue weighted by Crippen LogP contribution is -2.15. The number of aromatic nitrogens is 3. The summed E-state index contributed by atoms with van der Waals surface area (Å²) in [5, 5.41) is 16.0. The van der Waals surface area contributed by atoms with Crippen molar-refractivity contribution in [3.05, 3.63) is 42.2 Å². The van der Waals surface area contributed by atoms with Gasteiger partial charge in [0.05, 0.1) is 17.6 Å². The van der Waals surface area contributed by atoms with Crippen LogP contribution in [0.25, 0.3) is 5.69 Å². The van der Waals surface area contributed by atoms with Crippen LogP contribution in [-0.4, -0.2) is 40.9 Å². The van der Waals surface area contributed by atoms with Gasteiger partial charge in [0.2, 0.25) is 0 Å². The zero-order valence-electron chi connectivity index (χ0n) is 12.6. The molecule has 0 bridgehead atoms. The van der Waals surface area contributed by atoms with E-state index in [9.17, 15) is 8.42 Å². The minimum atomic E-state index is -3.26. The maximum atomic E-state index is 12.3. The summed E-state index contributed by atoms with van der Waals surface area (Å²) in [5.74, 6) is 0.104. The molecule has 1 aromatic heterocycles. The van der Waals surface area contributed by atoms with Gasteiger partial charge in [0.1, 0.15) is 10.9 Å². The summed E-state index contributed by atoms with van der Waals surface area (Å²) < 4.78 is 26.2. The van der Waals surface area contributed by atoms with Crippen LogP contribution in [0.2, 0.25) is 0 Å². The molecule has 0 fully saturated rings. The van der Waals surface area contributed by atoms with Crippen LogP contribution in [0, 0.1) is 0 Å². The van der Waals surface area contributed by atoms with E-state index in [2.05, 4.69) is 10.3 Å². The molecule has 7 heteroatoms. The third-order valence-electron chi connectivity index (χ3n) is 3.57. The van der Waals surface area contributed by atoms with Gasteiger partial charge in [-0.05, 0) is 31.9 Å². The molecule has 0 saturated carbocycles.